The van der Waals surface area contributed by atoms with Gasteiger partial charge in [-0.1, -0.05) is 33.8 Å². The number of aliphatic hydroxyl groups excluding tert-OH is 1. The van der Waals surface area contributed by atoms with Crippen molar-refractivity contribution in [3.05, 3.63) is 12.7 Å². The van der Waals surface area contributed by atoms with Crippen molar-refractivity contribution >= 4 is 17.8 Å². The van der Waals surface area contributed by atoms with Gasteiger partial charge in [0.05, 0.1) is 6.04 Å². The van der Waals surface area contributed by atoms with E-state index < -0.39 is 36.2 Å². The molecule has 0 aliphatic carbocycles. The van der Waals surface area contributed by atoms with E-state index in [1.165, 1.54) is 5.01 Å². The minimum atomic E-state index is -1.01. The van der Waals surface area contributed by atoms with Crippen LogP contribution in [-0.4, -0.2) is 63.9 Å². The summed E-state index contributed by atoms with van der Waals surface area (Å²) < 4.78 is 0. The summed E-state index contributed by atoms with van der Waals surface area (Å²) in [6.45, 7) is 13.6. The first-order valence-electron chi connectivity index (χ1n) is 11.0. The summed E-state index contributed by atoms with van der Waals surface area (Å²) in [6.07, 6.45) is 4.11. The molecule has 1 fully saturated rings. The Balaban J connectivity index is 2.64. The van der Waals surface area contributed by atoms with Gasteiger partial charge in [-0.05, 0) is 50.4 Å². The van der Waals surface area contributed by atoms with Gasteiger partial charge >= 0.3 is 5.97 Å². The van der Waals surface area contributed by atoms with E-state index in [1.807, 2.05) is 19.9 Å². The summed E-state index contributed by atoms with van der Waals surface area (Å²) in [5, 5.41) is 26.5. The maximum Gasteiger partial charge on any atom is 0.322 e. The lowest BCUT2D eigenvalue weighted by Crippen LogP contribution is -2.61. The van der Waals surface area contributed by atoms with Crippen LogP contribution in [0, 0.1) is 11.3 Å². The van der Waals surface area contributed by atoms with Crippen molar-refractivity contribution in [1.29, 1.82) is 0 Å². The van der Waals surface area contributed by atoms with Crippen LogP contribution in [0.1, 0.15) is 66.7 Å². The van der Waals surface area contributed by atoms with Crippen molar-refractivity contribution in [2.75, 3.05) is 6.54 Å². The van der Waals surface area contributed by atoms with E-state index in [-0.39, 0.29) is 17.2 Å². The second-order valence-electron chi connectivity index (χ2n) is 9.48. The summed E-state index contributed by atoms with van der Waals surface area (Å²) in [7, 11) is 0. The van der Waals surface area contributed by atoms with Crippen LogP contribution < -0.4 is 16.1 Å². The molecule has 178 valence electrons. The summed E-state index contributed by atoms with van der Waals surface area (Å²) in [6, 6.07) is -2.32. The molecule has 0 radical (unpaired) electrons. The topological polar surface area (TPSA) is 131 Å². The van der Waals surface area contributed by atoms with E-state index in [0.29, 0.717) is 25.8 Å². The number of carbonyl (C=O) groups is 3. The number of hydrogen-bond acceptors (Lipinski definition) is 6. The fourth-order valence-electron chi connectivity index (χ4n) is 3.60. The third kappa shape index (κ3) is 8.96. The number of hydrogen-bond donors (Lipinski definition) is 5. The van der Waals surface area contributed by atoms with E-state index in [4.69, 9.17) is 5.11 Å². The Labute approximate surface area is 185 Å². The summed E-state index contributed by atoms with van der Waals surface area (Å²) in [4.78, 5) is 36.7. The van der Waals surface area contributed by atoms with Crippen LogP contribution in [0.15, 0.2) is 12.7 Å². The highest BCUT2D eigenvalue weighted by molar-refractivity contribution is 5.89. The van der Waals surface area contributed by atoms with E-state index in [9.17, 15) is 19.5 Å². The zero-order chi connectivity index (χ0) is 23.8. The second kappa shape index (κ2) is 12.2. The first-order valence-corrected chi connectivity index (χ1v) is 11.0. The molecule has 1 rings (SSSR count). The largest absolute Gasteiger partial charge is 0.480 e. The molecule has 1 aliphatic rings. The van der Waals surface area contributed by atoms with Crippen molar-refractivity contribution < 1.29 is 24.6 Å². The van der Waals surface area contributed by atoms with Gasteiger partial charge in [0.15, 0.2) is 0 Å². The van der Waals surface area contributed by atoms with Gasteiger partial charge in [0.25, 0.3) is 5.91 Å². The van der Waals surface area contributed by atoms with Crippen LogP contribution in [0.4, 0.5) is 0 Å². The van der Waals surface area contributed by atoms with E-state index >= 15 is 0 Å². The number of carboxylic acid groups (broad SMARTS) is 1. The summed E-state index contributed by atoms with van der Waals surface area (Å²) in [5.74, 6) is -1.90. The normalized spacial score (nSPS) is 20.1. The fourth-order valence-corrected chi connectivity index (χ4v) is 3.60. The maximum atomic E-state index is 12.8. The molecule has 0 saturated carbocycles. The molecule has 31 heavy (non-hydrogen) atoms. The SMILES string of the molecule is C=CCC(C)(C)CCC(O)NC(C(=O)NC(C)C(=O)N1CCCC(C(=O)O)N1)C(C)C. The van der Waals surface area contributed by atoms with Crippen molar-refractivity contribution in [1.82, 2.24) is 21.1 Å². The molecule has 0 bridgehead atoms. The lowest BCUT2D eigenvalue weighted by molar-refractivity contribution is -0.148. The lowest BCUT2D eigenvalue weighted by atomic mass is 9.84. The van der Waals surface area contributed by atoms with Crippen LogP contribution in [0.25, 0.3) is 0 Å². The lowest BCUT2D eigenvalue weighted by Gasteiger charge is -2.34. The van der Waals surface area contributed by atoms with Gasteiger partial charge in [0, 0.05) is 6.54 Å². The molecule has 0 aromatic carbocycles. The number of aliphatic hydroxyl groups is 1. The van der Waals surface area contributed by atoms with Crippen LogP contribution in [0.3, 0.4) is 0 Å². The van der Waals surface area contributed by atoms with Gasteiger partial charge in [-0.25, -0.2) is 5.43 Å². The molecule has 0 spiro atoms. The van der Waals surface area contributed by atoms with Gasteiger partial charge in [-0.3, -0.25) is 24.7 Å². The Hall–Kier alpha value is -1.97. The van der Waals surface area contributed by atoms with E-state index in [1.54, 1.807) is 6.92 Å². The number of rotatable bonds is 12. The number of nitrogens with one attached hydrogen (secondary N) is 3. The zero-order valence-electron chi connectivity index (χ0n) is 19.5. The Morgan fingerprint density at radius 2 is 1.94 bits per heavy atom. The number of hydrazine groups is 1. The average molecular weight is 441 g/mol. The van der Waals surface area contributed by atoms with Crippen LogP contribution >= 0.6 is 0 Å². The molecule has 0 aromatic heterocycles. The Bertz CT molecular complexity index is 637. The van der Waals surface area contributed by atoms with E-state index in [0.717, 1.165) is 12.8 Å². The predicted molar refractivity (Wildman–Crippen MR) is 119 cm³/mol. The van der Waals surface area contributed by atoms with Gasteiger partial charge in [-0.15, -0.1) is 6.58 Å². The summed E-state index contributed by atoms with van der Waals surface area (Å²) in [5.41, 5.74) is 2.71. The highest BCUT2D eigenvalue weighted by atomic mass is 16.4. The monoisotopic (exact) mass is 440 g/mol. The van der Waals surface area contributed by atoms with Gasteiger partial charge in [0.1, 0.15) is 18.3 Å². The van der Waals surface area contributed by atoms with Crippen molar-refractivity contribution in [3.8, 4) is 0 Å². The van der Waals surface area contributed by atoms with Crippen LogP contribution in [-0.2, 0) is 14.4 Å². The number of carbonyl (C=O) groups excluding carboxylic acids is 2. The zero-order valence-corrected chi connectivity index (χ0v) is 19.5. The molecular formula is C22H40N4O5. The molecule has 4 unspecified atom stereocenters. The quantitative estimate of drug-likeness (QED) is 0.229. The molecule has 9 nitrogen and oxygen atoms in total. The third-order valence-electron chi connectivity index (χ3n) is 5.59. The van der Waals surface area contributed by atoms with Crippen LogP contribution in [0.2, 0.25) is 0 Å². The summed E-state index contributed by atoms with van der Waals surface area (Å²) >= 11 is 0. The Morgan fingerprint density at radius 3 is 2.48 bits per heavy atom. The van der Waals surface area contributed by atoms with Crippen LogP contribution in [0.5, 0.6) is 0 Å². The highest BCUT2D eigenvalue weighted by Gasteiger charge is 2.32. The van der Waals surface area contributed by atoms with Gasteiger partial charge in [0.2, 0.25) is 5.91 Å². The molecular weight excluding hydrogens is 400 g/mol. The Morgan fingerprint density at radius 1 is 1.29 bits per heavy atom. The Kier molecular flexibility index (Phi) is 10.6. The highest BCUT2D eigenvalue weighted by Crippen LogP contribution is 2.27. The molecule has 0 aromatic rings. The number of aliphatic carboxylic acids is 1. The molecule has 1 heterocycles. The smallest absolute Gasteiger partial charge is 0.322 e. The number of nitrogens with zero attached hydrogens (tertiary/aromatic N) is 1. The predicted octanol–water partition coefficient (Wildman–Crippen LogP) is 1.39. The molecule has 1 saturated heterocycles. The minimum absolute atomic E-state index is 0.0101. The van der Waals surface area contributed by atoms with Crippen molar-refractivity contribution in [3.63, 3.8) is 0 Å². The maximum absolute atomic E-state index is 12.8. The second-order valence-corrected chi connectivity index (χ2v) is 9.48. The number of amides is 2. The van der Waals surface area contributed by atoms with Gasteiger partial charge < -0.3 is 15.5 Å². The first kappa shape index (κ1) is 27.1. The van der Waals surface area contributed by atoms with E-state index in [2.05, 4.69) is 36.5 Å². The fraction of sp³-hybridized carbons (Fsp3) is 0.773. The number of carboxylic acids is 1. The van der Waals surface area contributed by atoms with Crippen molar-refractivity contribution in [2.45, 2.75) is 91.1 Å². The molecule has 1 aliphatic heterocycles. The standard InChI is InChI=1S/C22H40N4O5/c1-7-11-22(5,6)12-10-17(27)24-18(14(2)3)19(28)23-15(4)20(29)26-13-8-9-16(25-26)21(30)31/h7,14-18,24-25,27H,1,8-13H2,2-6H3,(H,23,28)(H,30,31). The molecule has 4 atom stereocenters. The third-order valence-corrected chi connectivity index (χ3v) is 5.59. The van der Waals surface area contributed by atoms with Crippen molar-refractivity contribution in [2.24, 2.45) is 11.3 Å². The average Bonchev–Trinajstić information content (AvgIpc) is 2.69. The minimum Gasteiger partial charge on any atom is -0.480 e. The first-order chi connectivity index (χ1) is 14.4. The molecule has 5 N–H and O–H groups in total. The number of allylic oxidation sites excluding steroid dienone is 1. The van der Waals surface area contributed by atoms with Gasteiger partial charge in [-0.2, -0.15) is 0 Å². The molecule has 2 amide bonds. The molecule has 9 heteroatoms.